The van der Waals surface area contributed by atoms with E-state index in [1.54, 1.807) is 12.1 Å². The van der Waals surface area contributed by atoms with Gasteiger partial charge in [-0.3, -0.25) is 4.79 Å². The SMILES string of the molecule is Cc1cc(/C=C/C=O)cc(C#N)c1C. The first-order chi connectivity index (χ1) is 6.69. The van der Waals surface area contributed by atoms with Gasteiger partial charge in [-0.2, -0.15) is 5.26 Å². The van der Waals surface area contributed by atoms with Crippen molar-refractivity contribution in [2.45, 2.75) is 13.8 Å². The van der Waals surface area contributed by atoms with E-state index in [0.29, 0.717) is 5.56 Å². The molecule has 0 atom stereocenters. The predicted octanol–water partition coefficient (Wildman–Crippen LogP) is 2.39. The second-order valence-corrected chi connectivity index (χ2v) is 3.12. The molecule has 0 aliphatic carbocycles. The summed E-state index contributed by atoms with van der Waals surface area (Å²) in [5, 5.41) is 8.85. The molecule has 70 valence electrons. The van der Waals surface area contributed by atoms with Crippen molar-refractivity contribution < 1.29 is 4.79 Å². The van der Waals surface area contributed by atoms with Crippen LogP contribution < -0.4 is 0 Å². The molecule has 0 fully saturated rings. The summed E-state index contributed by atoms with van der Waals surface area (Å²) in [7, 11) is 0. The van der Waals surface area contributed by atoms with E-state index < -0.39 is 0 Å². The number of aldehydes is 1. The molecule has 0 unspecified atom stereocenters. The maximum atomic E-state index is 10.1. The van der Waals surface area contributed by atoms with E-state index in [1.165, 1.54) is 6.08 Å². The average molecular weight is 185 g/mol. The lowest BCUT2D eigenvalue weighted by atomic mass is 10.0. The van der Waals surface area contributed by atoms with Crippen molar-refractivity contribution in [3.8, 4) is 6.07 Å². The Kier molecular flexibility index (Phi) is 3.19. The van der Waals surface area contributed by atoms with E-state index in [9.17, 15) is 4.79 Å². The minimum absolute atomic E-state index is 0.663. The van der Waals surface area contributed by atoms with Gasteiger partial charge in [0.25, 0.3) is 0 Å². The molecule has 0 saturated carbocycles. The second kappa shape index (κ2) is 4.38. The van der Waals surface area contributed by atoms with Gasteiger partial charge in [0.15, 0.2) is 0 Å². The summed E-state index contributed by atoms with van der Waals surface area (Å²) in [5.74, 6) is 0. The summed E-state index contributed by atoms with van der Waals surface area (Å²) < 4.78 is 0. The summed E-state index contributed by atoms with van der Waals surface area (Å²) in [4.78, 5) is 10.1. The Morgan fingerprint density at radius 2 is 2.07 bits per heavy atom. The number of carbonyl (C=O) groups excluding carboxylic acids is 1. The van der Waals surface area contributed by atoms with Crippen LogP contribution in [0.2, 0.25) is 0 Å². The molecule has 1 aromatic rings. The third kappa shape index (κ3) is 2.08. The zero-order valence-electron chi connectivity index (χ0n) is 8.24. The van der Waals surface area contributed by atoms with Crippen molar-refractivity contribution in [3.05, 3.63) is 40.5 Å². The van der Waals surface area contributed by atoms with Crippen LogP contribution >= 0.6 is 0 Å². The van der Waals surface area contributed by atoms with Gasteiger partial charge in [0.05, 0.1) is 11.6 Å². The summed E-state index contributed by atoms with van der Waals surface area (Å²) >= 11 is 0. The Hall–Kier alpha value is -1.88. The van der Waals surface area contributed by atoms with Gasteiger partial charge in [0.2, 0.25) is 0 Å². The second-order valence-electron chi connectivity index (χ2n) is 3.12. The molecule has 0 N–H and O–H groups in total. The van der Waals surface area contributed by atoms with Crippen molar-refractivity contribution >= 4 is 12.4 Å². The van der Waals surface area contributed by atoms with Crippen LogP contribution in [0.15, 0.2) is 18.2 Å². The predicted molar refractivity (Wildman–Crippen MR) is 55.7 cm³/mol. The number of hydrogen-bond donors (Lipinski definition) is 0. The van der Waals surface area contributed by atoms with Gasteiger partial charge in [0, 0.05) is 0 Å². The standard InChI is InChI=1S/C12H11NO/c1-9-6-11(4-3-5-14)7-12(8-13)10(9)2/h3-7H,1-2H3/b4-3+. The summed E-state index contributed by atoms with van der Waals surface area (Å²) in [5.41, 5.74) is 3.61. The van der Waals surface area contributed by atoms with Gasteiger partial charge >= 0.3 is 0 Å². The first-order valence-electron chi connectivity index (χ1n) is 4.32. The number of carbonyl (C=O) groups is 1. The highest BCUT2D eigenvalue weighted by molar-refractivity contribution is 5.74. The molecule has 2 nitrogen and oxygen atoms in total. The minimum atomic E-state index is 0.663. The topological polar surface area (TPSA) is 40.9 Å². The van der Waals surface area contributed by atoms with Gasteiger partial charge in [0.1, 0.15) is 6.29 Å². The molecule has 1 aromatic carbocycles. The van der Waals surface area contributed by atoms with Gasteiger partial charge in [-0.25, -0.2) is 0 Å². The molecule has 1 rings (SSSR count). The lowest BCUT2D eigenvalue weighted by Crippen LogP contribution is -1.88. The van der Waals surface area contributed by atoms with Gasteiger partial charge in [-0.15, -0.1) is 0 Å². The number of nitriles is 1. The zero-order valence-corrected chi connectivity index (χ0v) is 8.24. The molecule has 2 heteroatoms. The fraction of sp³-hybridized carbons (Fsp3) is 0.167. The van der Waals surface area contributed by atoms with Gasteiger partial charge < -0.3 is 0 Å². The molecule has 0 radical (unpaired) electrons. The van der Waals surface area contributed by atoms with Crippen LogP contribution in [0.1, 0.15) is 22.3 Å². The van der Waals surface area contributed by atoms with E-state index in [0.717, 1.165) is 23.0 Å². The van der Waals surface area contributed by atoms with Crippen LogP contribution in [0.5, 0.6) is 0 Å². The highest BCUT2D eigenvalue weighted by atomic mass is 16.1. The van der Waals surface area contributed by atoms with Crippen molar-refractivity contribution in [2.75, 3.05) is 0 Å². The number of nitrogens with zero attached hydrogens (tertiary/aromatic N) is 1. The van der Waals surface area contributed by atoms with Crippen LogP contribution in [0.3, 0.4) is 0 Å². The lowest BCUT2D eigenvalue weighted by Gasteiger charge is -2.03. The normalized spacial score (nSPS) is 10.1. The minimum Gasteiger partial charge on any atom is -0.299 e. The highest BCUT2D eigenvalue weighted by Gasteiger charge is 2.01. The monoisotopic (exact) mass is 185 g/mol. The average Bonchev–Trinajstić information content (AvgIpc) is 2.19. The van der Waals surface area contributed by atoms with Crippen molar-refractivity contribution in [2.24, 2.45) is 0 Å². The molecular formula is C12H11NO. The third-order valence-corrected chi connectivity index (χ3v) is 2.18. The smallest absolute Gasteiger partial charge is 0.142 e. The number of aryl methyl sites for hydroxylation is 1. The molecule has 0 amide bonds. The largest absolute Gasteiger partial charge is 0.299 e. The zero-order chi connectivity index (χ0) is 10.6. The highest BCUT2D eigenvalue weighted by Crippen LogP contribution is 2.16. The molecular weight excluding hydrogens is 174 g/mol. The maximum absolute atomic E-state index is 10.1. The Morgan fingerprint density at radius 3 is 2.64 bits per heavy atom. The fourth-order valence-corrected chi connectivity index (χ4v) is 1.25. The lowest BCUT2D eigenvalue weighted by molar-refractivity contribution is -0.104. The van der Waals surface area contributed by atoms with Crippen LogP contribution in [0.25, 0.3) is 6.08 Å². The Labute approximate surface area is 83.5 Å². The molecule has 0 bridgehead atoms. The molecule has 0 aromatic heterocycles. The van der Waals surface area contributed by atoms with E-state index in [4.69, 9.17) is 5.26 Å². The number of rotatable bonds is 2. The van der Waals surface area contributed by atoms with Crippen molar-refractivity contribution in [1.82, 2.24) is 0 Å². The van der Waals surface area contributed by atoms with E-state index in [-0.39, 0.29) is 0 Å². The first kappa shape index (κ1) is 10.2. The van der Waals surface area contributed by atoms with Gasteiger partial charge in [-0.1, -0.05) is 12.1 Å². The Morgan fingerprint density at radius 1 is 1.36 bits per heavy atom. The van der Waals surface area contributed by atoms with Crippen LogP contribution in [0, 0.1) is 25.2 Å². The summed E-state index contributed by atoms with van der Waals surface area (Å²) in [6.45, 7) is 3.87. The molecule has 0 aliphatic rings. The summed E-state index contributed by atoms with van der Waals surface area (Å²) in [6, 6.07) is 5.87. The Bertz CT molecular complexity index is 425. The maximum Gasteiger partial charge on any atom is 0.142 e. The van der Waals surface area contributed by atoms with E-state index >= 15 is 0 Å². The molecule has 0 saturated heterocycles. The first-order valence-corrected chi connectivity index (χ1v) is 4.32. The number of hydrogen-bond acceptors (Lipinski definition) is 2. The number of allylic oxidation sites excluding steroid dienone is 1. The molecule has 0 aliphatic heterocycles. The van der Waals surface area contributed by atoms with E-state index in [2.05, 4.69) is 6.07 Å². The molecule has 14 heavy (non-hydrogen) atoms. The quantitative estimate of drug-likeness (QED) is 0.524. The molecule has 0 heterocycles. The van der Waals surface area contributed by atoms with E-state index in [1.807, 2.05) is 19.9 Å². The Balaban J connectivity index is 3.24. The van der Waals surface area contributed by atoms with Crippen molar-refractivity contribution in [1.29, 1.82) is 5.26 Å². The van der Waals surface area contributed by atoms with Crippen LogP contribution in [0.4, 0.5) is 0 Å². The van der Waals surface area contributed by atoms with Crippen LogP contribution in [-0.4, -0.2) is 6.29 Å². The fourth-order valence-electron chi connectivity index (χ4n) is 1.25. The van der Waals surface area contributed by atoms with Gasteiger partial charge in [-0.05, 0) is 42.7 Å². The molecule has 0 spiro atoms. The summed E-state index contributed by atoms with van der Waals surface area (Å²) in [6.07, 6.45) is 3.84. The third-order valence-electron chi connectivity index (χ3n) is 2.18. The number of benzene rings is 1. The van der Waals surface area contributed by atoms with Crippen LogP contribution in [-0.2, 0) is 4.79 Å². The van der Waals surface area contributed by atoms with Crippen molar-refractivity contribution in [3.63, 3.8) is 0 Å².